The molecule has 0 spiro atoms. The zero-order valence-electron chi connectivity index (χ0n) is 35.8. The van der Waals surface area contributed by atoms with E-state index in [4.69, 9.17) is 19.1 Å². The molecule has 7 aromatic rings. The average molecular weight is 1030 g/mol. The van der Waals surface area contributed by atoms with Crippen LogP contribution in [0.3, 0.4) is 0 Å². The van der Waals surface area contributed by atoms with Crippen LogP contribution in [0.2, 0.25) is 17.3 Å². The fourth-order valence-corrected chi connectivity index (χ4v) is 13.7. The van der Waals surface area contributed by atoms with Gasteiger partial charge in [0.1, 0.15) is 11.3 Å². The van der Waals surface area contributed by atoms with E-state index in [2.05, 4.69) is 102 Å². The molecule has 1 radical (unpaired) electrons. The van der Waals surface area contributed by atoms with Crippen molar-refractivity contribution in [3.8, 4) is 39.4 Å². The van der Waals surface area contributed by atoms with Crippen molar-refractivity contribution >= 4 is 39.7 Å². The van der Waals surface area contributed by atoms with Crippen molar-refractivity contribution in [3.63, 3.8) is 0 Å². The number of furan rings is 1. The molecule has 5 nitrogen and oxygen atoms in total. The normalized spacial score (nSPS) is 18.9. The number of nitrogens with zero attached hydrogens (tertiary/aromatic N) is 3. The molecule has 0 saturated heterocycles. The summed E-state index contributed by atoms with van der Waals surface area (Å²) in [5.74, 6) is 11.9. The molecule has 4 aliphatic rings. The SMILES string of the molecule is COc1ccccc1-c1ccc2oc3[c-]c(-c4cc(CC5CC6CCC5CC6)ccn4)cnc3c2c1.Cc1[c-]c(-c2cc(CC3CCCC3)[c]([Ge]([CH3])([CH3])[CH3])cn2)ccc1.[Ir]. The molecule has 4 aromatic heterocycles. The number of hydrogen-bond acceptors (Lipinski definition) is 5. The van der Waals surface area contributed by atoms with Crippen molar-refractivity contribution in [2.75, 3.05) is 7.11 Å². The number of para-hydroxylation sites is 1. The van der Waals surface area contributed by atoms with Gasteiger partial charge in [-0.15, -0.1) is 5.56 Å². The summed E-state index contributed by atoms with van der Waals surface area (Å²) in [5, 5.41) is 0.977. The molecular formula is C53H57GeIrN3O2-2. The van der Waals surface area contributed by atoms with Gasteiger partial charge in [0.25, 0.3) is 0 Å². The summed E-state index contributed by atoms with van der Waals surface area (Å²) in [7, 11) is 1.70. The van der Waals surface area contributed by atoms with E-state index in [1.54, 1.807) is 17.1 Å². The Bertz CT molecular complexity index is 2580. The van der Waals surface area contributed by atoms with Crippen molar-refractivity contribution in [2.24, 2.45) is 23.7 Å². The van der Waals surface area contributed by atoms with Crippen LogP contribution in [-0.2, 0) is 32.9 Å². The molecule has 2 bridgehead atoms. The van der Waals surface area contributed by atoms with Crippen molar-refractivity contribution in [1.29, 1.82) is 0 Å². The van der Waals surface area contributed by atoms with Crippen LogP contribution in [-0.4, -0.2) is 35.3 Å². The van der Waals surface area contributed by atoms with E-state index in [9.17, 15) is 0 Å². The third-order valence-electron chi connectivity index (χ3n) is 13.4. The Morgan fingerprint density at radius 3 is 2.32 bits per heavy atom. The molecule has 4 aliphatic carbocycles. The number of methoxy groups -OCH3 is 1. The maximum Gasteiger partial charge on any atom is 0 e. The van der Waals surface area contributed by atoms with Crippen molar-refractivity contribution in [3.05, 3.63) is 126 Å². The number of aryl methyl sites for hydroxylation is 1. The molecule has 0 aliphatic heterocycles. The molecule has 0 amide bonds. The molecule has 4 fully saturated rings. The van der Waals surface area contributed by atoms with Crippen LogP contribution in [0.4, 0.5) is 0 Å². The zero-order valence-corrected chi connectivity index (χ0v) is 40.3. The van der Waals surface area contributed by atoms with Crippen LogP contribution in [0, 0.1) is 42.7 Å². The molecular weight excluding hydrogens is 975 g/mol. The molecule has 4 saturated carbocycles. The number of fused-ring (bicyclic) bond motifs is 6. The van der Waals surface area contributed by atoms with Crippen LogP contribution in [0.1, 0.15) is 74.5 Å². The fourth-order valence-electron chi connectivity index (χ4n) is 10.3. The second-order valence-electron chi connectivity index (χ2n) is 18.6. The van der Waals surface area contributed by atoms with Gasteiger partial charge < -0.3 is 19.1 Å². The third-order valence-corrected chi connectivity index (χ3v) is 17.8. The number of aromatic nitrogens is 3. The first-order valence-electron chi connectivity index (χ1n) is 22.0. The second kappa shape index (κ2) is 18.5. The average Bonchev–Trinajstić information content (AvgIpc) is 3.91. The van der Waals surface area contributed by atoms with Crippen molar-refractivity contribution < 1.29 is 29.3 Å². The van der Waals surface area contributed by atoms with Gasteiger partial charge in [0.05, 0.1) is 12.7 Å². The minimum absolute atomic E-state index is 0. The predicted octanol–water partition coefficient (Wildman–Crippen LogP) is 13.0. The summed E-state index contributed by atoms with van der Waals surface area (Å²) in [6.07, 6.45) is 21.2. The summed E-state index contributed by atoms with van der Waals surface area (Å²) in [6, 6.07) is 34.3. The molecule has 0 N–H and O–H groups in total. The Morgan fingerprint density at radius 1 is 0.767 bits per heavy atom. The summed E-state index contributed by atoms with van der Waals surface area (Å²) in [6.45, 7) is 2.10. The summed E-state index contributed by atoms with van der Waals surface area (Å²) in [5.41, 5.74) is 12.5. The Labute approximate surface area is 372 Å². The quantitative estimate of drug-likeness (QED) is 0.106. The number of rotatable bonds is 9. The summed E-state index contributed by atoms with van der Waals surface area (Å²) in [4.78, 5) is 14.3. The smallest absolute Gasteiger partial charge is 0 e. The van der Waals surface area contributed by atoms with Crippen LogP contribution < -0.4 is 9.13 Å². The largest absolute Gasteiger partial charge is 0 e. The monoisotopic (exact) mass is 1030 g/mol. The minimum atomic E-state index is -1.88. The second-order valence-corrected chi connectivity index (χ2v) is 29.2. The zero-order chi connectivity index (χ0) is 40.5. The van der Waals surface area contributed by atoms with E-state index >= 15 is 0 Å². The molecule has 7 heteroatoms. The third kappa shape index (κ3) is 9.37. The predicted molar refractivity (Wildman–Crippen MR) is 245 cm³/mol. The molecule has 4 heterocycles. The van der Waals surface area contributed by atoms with Gasteiger partial charge in [-0.25, -0.2) is 0 Å². The molecule has 3 aromatic carbocycles. The minimum Gasteiger partial charge on any atom is 0 e. The molecule has 311 valence electrons. The van der Waals surface area contributed by atoms with E-state index in [-0.39, 0.29) is 20.1 Å². The molecule has 11 rings (SSSR count). The first-order valence-corrected chi connectivity index (χ1v) is 29.3. The van der Waals surface area contributed by atoms with E-state index < -0.39 is 13.3 Å². The van der Waals surface area contributed by atoms with E-state index in [0.29, 0.717) is 5.58 Å². The van der Waals surface area contributed by atoms with Gasteiger partial charge in [-0.3, -0.25) is 0 Å². The Balaban J connectivity index is 0.000000181. The maximum absolute atomic E-state index is 6.17. The van der Waals surface area contributed by atoms with E-state index in [0.717, 1.165) is 86.0 Å². The first kappa shape index (κ1) is 42.6. The summed E-state index contributed by atoms with van der Waals surface area (Å²) < 4.78 is 13.3. The standard InChI is InChI=1S/C32H29N2O2.C21H28GeN.Ir/c1-35-29-5-3-2-4-26(29)23-10-11-30-27(17-23)32-31(36-30)18-25(19-34-32)28-16-21(12-13-33-28)15-24-14-20-6-8-22(24)9-7-20;1-16-8-7-11-18(12-16)21-14-19(13-17-9-5-6-10-17)20(15-23-21)22(2,3)4;/h2-5,10-13,16-17,19-20,22,24H,6-9,14-15H2,1H3;7-8,11,14-15,17H,5-6,9-10,13H2,1-4H3;/q2*-1;. The van der Waals surface area contributed by atoms with Gasteiger partial charge in [-0.1, -0.05) is 67.1 Å². The van der Waals surface area contributed by atoms with Crippen LogP contribution in [0.25, 0.3) is 55.7 Å². The van der Waals surface area contributed by atoms with Gasteiger partial charge in [0, 0.05) is 42.8 Å². The number of pyridine rings is 3. The van der Waals surface area contributed by atoms with Crippen LogP contribution in [0.15, 0.2) is 102 Å². The topological polar surface area (TPSA) is 61.0 Å². The van der Waals surface area contributed by atoms with Gasteiger partial charge in [0.2, 0.25) is 0 Å². The first-order chi connectivity index (χ1) is 28.7. The Morgan fingerprint density at radius 2 is 1.57 bits per heavy atom. The molecule has 60 heavy (non-hydrogen) atoms. The van der Waals surface area contributed by atoms with Gasteiger partial charge in [-0.2, -0.15) is 0 Å². The van der Waals surface area contributed by atoms with Gasteiger partial charge in [-0.05, 0) is 72.9 Å². The summed E-state index contributed by atoms with van der Waals surface area (Å²) >= 11 is -1.88. The fraction of sp³-hybridized carbons (Fsp3) is 0.377. The maximum atomic E-state index is 6.17. The van der Waals surface area contributed by atoms with Crippen LogP contribution in [0.5, 0.6) is 5.75 Å². The van der Waals surface area contributed by atoms with Gasteiger partial charge in [0.15, 0.2) is 0 Å². The van der Waals surface area contributed by atoms with Gasteiger partial charge >= 0.3 is 144 Å². The molecule has 1 atom stereocenters. The number of benzene rings is 3. The number of hydrogen-bond donors (Lipinski definition) is 0. The van der Waals surface area contributed by atoms with E-state index in [1.165, 1.54) is 75.3 Å². The van der Waals surface area contributed by atoms with Crippen molar-refractivity contribution in [2.45, 2.75) is 94.8 Å². The van der Waals surface area contributed by atoms with E-state index in [1.807, 2.05) is 36.7 Å². The van der Waals surface area contributed by atoms with Crippen LogP contribution >= 0.6 is 0 Å². The number of ether oxygens (including phenoxy) is 1. The Hall–Kier alpha value is -4.10. The Kier molecular flexibility index (Phi) is 13.1. The molecule has 1 unspecified atom stereocenters. The van der Waals surface area contributed by atoms with Crippen molar-refractivity contribution in [1.82, 2.24) is 15.0 Å².